The second-order valence-corrected chi connectivity index (χ2v) is 12.3. The summed E-state index contributed by atoms with van der Waals surface area (Å²) in [6.07, 6.45) is 1.32. The Morgan fingerprint density at radius 2 is 1.95 bits per heavy atom. The fourth-order valence-corrected chi connectivity index (χ4v) is 6.18. The second kappa shape index (κ2) is 12.5. The first-order valence-electron chi connectivity index (χ1n) is 13.5. The van der Waals surface area contributed by atoms with Crippen LogP contribution in [0.5, 0.6) is 0 Å². The summed E-state index contributed by atoms with van der Waals surface area (Å²) in [5.41, 5.74) is 0.121. The first kappa shape index (κ1) is 31.3. The van der Waals surface area contributed by atoms with Crippen LogP contribution in [-0.2, 0) is 25.6 Å². The molecule has 5 rings (SSSR count). The highest BCUT2D eigenvalue weighted by atomic mass is 35.5. The van der Waals surface area contributed by atoms with Crippen molar-refractivity contribution in [1.82, 2.24) is 10.3 Å². The van der Waals surface area contributed by atoms with Crippen LogP contribution in [0.2, 0.25) is 5.02 Å². The minimum Gasteiger partial charge on any atom is -0.612 e. The van der Waals surface area contributed by atoms with Gasteiger partial charge < -0.3 is 9.87 Å². The molecule has 14 heteroatoms. The Morgan fingerprint density at radius 1 is 1.23 bits per heavy atom. The minimum atomic E-state index is -2.95. The molecule has 1 N–H and O–H groups in total. The number of anilines is 2. The summed E-state index contributed by atoms with van der Waals surface area (Å²) < 4.78 is 54.7. The normalized spacial score (nSPS) is 19.1. The molecular weight excluding hydrogens is 619 g/mol. The zero-order valence-electron chi connectivity index (χ0n) is 23.2. The maximum absolute atomic E-state index is 15.0. The van der Waals surface area contributed by atoms with Gasteiger partial charge in [-0.1, -0.05) is 29.8 Å². The van der Waals surface area contributed by atoms with Crippen molar-refractivity contribution in [3.8, 4) is 6.07 Å². The van der Waals surface area contributed by atoms with E-state index in [0.717, 1.165) is 21.9 Å². The maximum Gasteiger partial charge on any atom is 0.252 e. The van der Waals surface area contributed by atoms with Crippen LogP contribution >= 0.6 is 11.6 Å². The van der Waals surface area contributed by atoms with Gasteiger partial charge in [0, 0.05) is 54.2 Å². The quantitative estimate of drug-likeness (QED) is 0.355. The van der Waals surface area contributed by atoms with Crippen molar-refractivity contribution in [2.24, 2.45) is 0 Å². The second-order valence-electron chi connectivity index (χ2n) is 10.5. The fourth-order valence-electron chi connectivity index (χ4n) is 5.38. The highest BCUT2D eigenvalue weighted by Crippen LogP contribution is 2.40. The molecule has 44 heavy (non-hydrogen) atoms. The number of carbonyl (C=O) groups is 3. The molecule has 2 fully saturated rings. The lowest BCUT2D eigenvalue weighted by Gasteiger charge is -2.39. The fraction of sp³-hybridized carbons (Fsp3) is 0.300. The summed E-state index contributed by atoms with van der Waals surface area (Å²) in [7, 11) is 0. The molecule has 0 bridgehead atoms. The van der Waals surface area contributed by atoms with E-state index in [1.807, 2.05) is 6.07 Å². The standard InChI is InChI=1S/C30H25ClF3N5O4S/c1-44(43)21-12-18(32)11-20(13-21)38(29(42)24-6-7-26(40)39(24)25-10-17(16-35)8-9-36-25)27(22-4-2-3-5-23(22)31)28(41)37-19-14-30(33,34)15-19/h2-5,8-13,19,24,27H,6-7,14-15H2,1H3,(H,37,41)/t24-,27-,44-/m0/s1. The van der Waals surface area contributed by atoms with E-state index >= 15 is 0 Å². The van der Waals surface area contributed by atoms with Crippen molar-refractivity contribution < 1.29 is 32.1 Å². The van der Waals surface area contributed by atoms with Crippen LogP contribution in [-0.4, -0.2) is 51.5 Å². The number of aromatic nitrogens is 1. The van der Waals surface area contributed by atoms with Crippen LogP contribution in [0.1, 0.15) is 42.9 Å². The molecule has 3 aromatic rings. The van der Waals surface area contributed by atoms with Crippen molar-refractivity contribution in [2.75, 3.05) is 16.1 Å². The lowest BCUT2D eigenvalue weighted by atomic mass is 9.87. The molecule has 1 aliphatic carbocycles. The molecule has 2 heterocycles. The van der Waals surface area contributed by atoms with Gasteiger partial charge in [-0.25, -0.2) is 18.2 Å². The molecule has 1 saturated heterocycles. The molecule has 0 radical (unpaired) electrons. The van der Waals surface area contributed by atoms with Crippen LogP contribution in [0.15, 0.2) is 65.7 Å². The largest absolute Gasteiger partial charge is 0.612 e. The summed E-state index contributed by atoms with van der Waals surface area (Å²) in [6, 6.07) is 10.3. The van der Waals surface area contributed by atoms with Gasteiger partial charge in [-0.2, -0.15) is 5.26 Å². The van der Waals surface area contributed by atoms with Gasteiger partial charge in [0.05, 0.1) is 17.3 Å². The van der Waals surface area contributed by atoms with Gasteiger partial charge in [0.25, 0.3) is 11.8 Å². The van der Waals surface area contributed by atoms with E-state index in [1.165, 1.54) is 42.8 Å². The van der Waals surface area contributed by atoms with E-state index in [9.17, 15) is 37.4 Å². The number of amides is 3. The van der Waals surface area contributed by atoms with Crippen LogP contribution < -0.4 is 15.1 Å². The molecule has 9 nitrogen and oxygen atoms in total. The number of nitriles is 1. The molecule has 3 atom stereocenters. The minimum absolute atomic E-state index is 0.0116. The number of pyridine rings is 1. The third kappa shape index (κ3) is 6.38. The molecule has 2 aliphatic rings. The number of hydrogen-bond acceptors (Lipinski definition) is 6. The summed E-state index contributed by atoms with van der Waals surface area (Å²) in [4.78, 5) is 47.9. The zero-order chi connectivity index (χ0) is 31.8. The topological polar surface area (TPSA) is 129 Å². The van der Waals surface area contributed by atoms with Gasteiger partial charge in [0.15, 0.2) is 4.90 Å². The lowest BCUT2D eigenvalue weighted by Crippen LogP contribution is -2.56. The van der Waals surface area contributed by atoms with Crippen molar-refractivity contribution in [2.45, 2.75) is 54.6 Å². The van der Waals surface area contributed by atoms with E-state index in [1.54, 1.807) is 12.1 Å². The molecule has 228 valence electrons. The number of nitrogens with one attached hydrogen (secondary N) is 1. The molecule has 1 aliphatic heterocycles. The van der Waals surface area contributed by atoms with Gasteiger partial charge in [0.1, 0.15) is 30.0 Å². The maximum atomic E-state index is 15.0. The van der Waals surface area contributed by atoms with Crippen LogP contribution in [0.3, 0.4) is 0 Å². The number of alkyl halides is 2. The Labute approximate surface area is 258 Å². The lowest BCUT2D eigenvalue weighted by molar-refractivity contribution is -0.133. The zero-order valence-corrected chi connectivity index (χ0v) is 24.7. The third-order valence-corrected chi connectivity index (χ3v) is 8.71. The van der Waals surface area contributed by atoms with E-state index in [-0.39, 0.29) is 45.4 Å². The molecule has 3 amide bonds. The van der Waals surface area contributed by atoms with Gasteiger partial charge >= 0.3 is 0 Å². The van der Waals surface area contributed by atoms with Gasteiger partial charge in [-0.05, 0) is 41.9 Å². The van der Waals surface area contributed by atoms with Crippen molar-refractivity contribution in [3.63, 3.8) is 0 Å². The van der Waals surface area contributed by atoms with Crippen LogP contribution in [0.4, 0.5) is 24.7 Å². The Bertz CT molecular complexity index is 1660. The molecule has 2 aromatic carbocycles. The molecule has 0 spiro atoms. The first-order chi connectivity index (χ1) is 20.9. The van der Waals surface area contributed by atoms with Gasteiger partial charge in [0.2, 0.25) is 11.8 Å². The highest BCUT2D eigenvalue weighted by molar-refractivity contribution is 7.90. The number of hydrogen-bond donors (Lipinski definition) is 1. The predicted molar refractivity (Wildman–Crippen MR) is 156 cm³/mol. The van der Waals surface area contributed by atoms with Crippen molar-refractivity contribution in [1.29, 1.82) is 5.26 Å². The van der Waals surface area contributed by atoms with E-state index in [4.69, 9.17) is 11.6 Å². The Balaban J connectivity index is 1.66. The van der Waals surface area contributed by atoms with Gasteiger partial charge in [-0.15, -0.1) is 0 Å². The highest BCUT2D eigenvalue weighted by Gasteiger charge is 2.48. The molecular formula is C30H25ClF3N5O4S. The average Bonchev–Trinajstić information content (AvgIpc) is 3.36. The predicted octanol–water partition coefficient (Wildman–Crippen LogP) is 4.67. The number of rotatable bonds is 8. The molecule has 0 unspecified atom stereocenters. The number of carbonyl (C=O) groups excluding carboxylic acids is 3. The van der Waals surface area contributed by atoms with Crippen molar-refractivity contribution in [3.05, 3.63) is 82.8 Å². The van der Waals surface area contributed by atoms with E-state index < -0.39 is 71.6 Å². The summed E-state index contributed by atoms with van der Waals surface area (Å²) in [6.45, 7) is 0. The monoisotopic (exact) mass is 643 g/mol. The Hall–Kier alpha value is -4.12. The van der Waals surface area contributed by atoms with E-state index in [2.05, 4.69) is 10.3 Å². The van der Waals surface area contributed by atoms with E-state index in [0.29, 0.717) is 0 Å². The number of benzene rings is 2. The Kier molecular flexibility index (Phi) is 8.88. The average molecular weight is 644 g/mol. The Morgan fingerprint density at radius 3 is 2.61 bits per heavy atom. The van der Waals surface area contributed by atoms with Crippen LogP contribution in [0.25, 0.3) is 0 Å². The van der Waals surface area contributed by atoms with Crippen molar-refractivity contribution >= 4 is 52.0 Å². The smallest absolute Gasteiger partial charge is 0.252 e. The van der Waals surface area contributed by atoms with Gasteiger partial charge in [-0.3, -0.25) is 24.2 Å². The summed E-state index contributed by atoms with van der Waals surface area (Å²) >= 11 is 4.81. The summed E-state index contributed by atoms with van der Waals surface area (Å²) in [5, 5.41) is 12.0. The molecule has 1 aromatic heterocycles. The number of nitrogens with zero attached hydrogens (tertiary/aromatic N) is 4. The molecule has 1 saturated carbocycles. The first-order valence-corrected chi connectivity index (χ1v) is 15.4. The SMILES string of the molecule is C[S@+]([O-])c1cc(F)cc(N(C(=O)[C@@H]2CCC(=O)N2c2cc(C#N)ccn2)[C@H](C(=O)NC2CC(F)(F)C2)c2ccccc2Cl)c1. The number of halogens is 4. The van der Waals surface area contributed by atoms with Crippen LogP contribution in [0, 0.1) is 17.1 Å². The third-order valence-electron chi connectivity index (χ3n) is 7.46. The summed E-state index contributed by atoms with van der Waals surface area (Å²) in [5.74, 6) is -5.96.